The Kier molecular flexibility index (Phi) is 6.06. The van der Waals surface area contributed by atoms with Gasteiger partial charge in [-0.3, -0.25) is 10.00 Å². The van der Waals surface area contributed by atoms with Crippen molar-refractivity contribution >= 4 is 6.08 Å². The number of nitrogens with one attached hydrogen (secondary N) is 1. The van der Waals surface area contributed by atoms with Crippen molar-refractivity contribution in [1.29, 1.82) is 0 Å². The SMILES string of the molecule is COc1ccccc1/C=C/CN1CCC[C@H](c2[nH]ncc2-c2ccc(F)cc2)C1. The maximum Gasteiger partial charge on any atom is 0.126 e. The Hall–Kier alpha value is -2.92. The number of piperidine rings is 1. The summed E-state index contributed by atoms with van der Waals surface area (Å²) in [5.41, 5.74) is 4.32. The third-order valence-corrected chi connectivity index (χ3v) is 5.54. The normalized spacial score (nSPS) is 17.7. The molecule has 4 nitrogen and oxygen atoms in total. The van der Waals surface area contributed by atoms with Crippen molar-refractivity contribution in [2.45, 2.75) is 18.8 Å². The lowest BCUT2D eigenvalue weighted by atomic mass is 9.90. The number of H-pyrrole nitrogens is 1. The van der Waals surface area contributed by atoms with Gasteiger partial charge >= 0.3 is 0 Å². The number of para-hydroxylation sites is 1. The number of ether oxygens (including phenoxy) is 1. The Morgan fingerprint density at radius 2 is 2.03 bits per heavy atom. The van der Waals surface area contributed by atoms with E-state index in [0.29, 0.717) is 5.92 Å². The van der Waals surface area contributed by atoms with E-state index in [2.05, 4.69) is 33.3 Å². The number of hydrogen-bond acceptors (Lipinski definition) is 3. The number of benzene rings is 2. The van der Waals surface area contributed by atoms with E-state index >= 15 is 0 Å². The molecule has 0 bridgehead atoms. The summed E-state index contributed by atoms with van der Waals surface area (Å²) in [5, 5.41) is 7.48. The molecule has 1 aliphatic rings. The summed E-state index contributed by atoms with van der Waals surface area (Å²) in [6.45, 7) is 2.97. The molecule has 150 valence electrons. The quantitative estimate of drug-likeness (QED) is 0.634. The van der Waals surface area contributed by atoms with Gasteiger partial charge in [0, 0.05) is 35.8 Å². The first kappa shape index (κ1) is 19.4. The van der Waals surface area contributed by atoms with E-state index in [1.54, 1.807) is 7.11 Å². The highest BCUT2D eigenvalue weighted by molar-refractivity contribution is 5.65. The van der Waals surface area contributed by atoms with Gasteiger partial charge in [0.2, 0.25) is 0 Å². The van der Waals surface area contributed by atoms with Crippen molar-refractivity contribution in [3.8, 4) is 16.9 Å². The van der Waals surface area contributed by atoms with Crippen LogP contribution in [0.3, 0.4) is 0 Å². The van der Waals surface area contributed by atoms with Crippen LogP contribution in [0.1, 0.15) is 30.0 Å². The Morgan fingerprint density at radius 1 is 1.21 bits per heavy atom. The predicted molar refractivity (Wildman–Crippen MR) is 114 cm³/mol. The van der Waals surface area contributed by atoms with Crippen molar-refractivity contribution in [2.24, 2.45) is 0 Å². The number of aromatic amines is 1. The van der Waals surface area contributed by atoms with Crippen LogP contribution in [0.4, 0.5) is 4.39 Å². The van der Waals surface area contributed by atoms with Crippen LogP contribution in [0, 0.1) is 5.82 Å². The molecule has 0 saturated carbocycles. The van der Waals surface area contributed by atoms with Crippen LogP contribution in [0.25, 0.3) is 17.2 Å². The fourth-order valence-electron chi connectivity index (χ4n) is 4.06. The molecule has 1 saturated heterocycles. The zero-order chi connectivity index (χ0) is 20.1. The average Bonchev–Trinajstić information content (AvgIpc) is 3.25. The van der Waals surface area contributed by atoms with Gasteiger partial charge in [-0.25, -0.2) is 4.39 Å². The highest BCUT2D eigenvalue weighted by Crippen LogP contribution is 2.33. The van der Waals surface area contributed by atoms with E-state index in [9.17, 15) is 4.39 Å². The molecule has 0 aliphatic carbocycles. The second kappa shape index (κ2) is 9.05. The van der Waals surface area contributed by atoms with Crippen molar-refractivity contribution in [2.75, 3.05) is 26.7 Å². The number of hydrogen-bond donors (Lipinski definition) is 1. The summed E-state index contributed by atoms with van der Waals surface area (Å²) in [6.07, 6.45) is 8.46. The number of rotatable bonds is 6. The van der Waals surface area contributed by atoms with E-state index < -0.39 is 0 Å². The summed E-state index contributed by atoms with van der Waals surface area (Å²) in [5.74, 6) is 1.07. The molecular weight excluding hydrogens is 365 g/mol. The smallest absolute Gasteiger partial charge is 0.126 e. The minimum Gasteiger partial charge on any atom is -0.496 e. The Morgan fingerprint density at radius 3 is 2.86 bits per heavy atom. The highest BCUT2D eigenvalue weighted by Gasteiger charge is 2.24. The van der Waals surface area contributed by atoms with Gasteiger partial charge in [0.1, 0.15) is 11.6 Å². The molecule has 1 aliphatic heterocycles. The molecule has 0 radical (unpaired) electrons. The van der Waals surface area contributed by atoms with Gasteiger partial charge in [-0.1, -0.05) is 42.5 Å². The fraction of sp³-hybridized carbons (Fsp3) is 0.292. The summed E-state index contributed by atoms with van der Waals surface area (Å²) in [7, 11) is 1.70. The molecule has 2 aromatic carbocycles. The molecule has 0 amide bonds. The lowest BCUT2D eigenvalue weighted by Crippen LogP contribution is -2.34. The van der Waals surface area contributed by atoms with Crippen LogP contribution >= 0.6 is 0 Å². The van der Waals surface area contributed by atoms with E-state index in [4.69, 9.17) is 4.74 Å². The van der Waals surface area contributed by atoms with Crippen molar-refractivity contribution in [3.63, 3.8) is 0 Å². The molecule has 3 aromatic rings. The van der Waals surface area contributed by atoms with Gasteiger partial charge < -0.3 is 4.74 Å². The average molecular weight is 391 g/mol. The molecule has 5 heteroatoms. The predicted octanol–water partition coefficient (Wildman–Crippen LogP) is 5.12. The molecule has 0 spiro atoms. The Bertz CT molecular complexity index is 964. The summed E-state index contributed by atoms with van der Waals surface area (Å²) in [6, 6.07) is 14.7. The van der Waals surface area contributed by atoms with Gasteiger partial charge in [-0.05, 0) is 43.1 Å². The largest absolute Gasteiger partial charge is 0.496 e. The third kappa shape index (κ3) is 4.57. The van der Waals surface area contributed by atoms with Gasteiger partial charge in [0.15, 0.2) is 0 Å². The van der Waals surface area contributed by atoms with Crippen LogP contribution in [0.5, 0.6) is 5.75 Å². The third-order valence-electron chi connectivity index (χ3n) is 5.54. The second-order valence-electron chi connectivity index (χ2n) is 7.45. The van der Waals surface area contributed by atoms with Gasteiger partial charge in [-0.15, -0.1) is 0 Å². The Balaban J connectivity index is 1.44. The topological polar surface area (TPSA) is 41.1 Å². The molecule has 1 N–H and O–H groups in total. The minimum absolute atomic E-state index is 0.218. The fourth-order valence-corrected chi connectivity index (χ4v) is 4.06. The first-order chi connectivity index (χ1) is 14.2. The second-order valence-corrected chi connectivity index (χ2v) is 7.45. The van der Waals surface area contributed by atoms with Gasteiger partial charge in [-0.2, -0.15) is 5.10 Å². The van der Waals surface area contributed by atoms with Crippen LogP contribution in [0.15, 0.2) is 60.8 Å². The van der Waals surface area contributed by atoms with E-state index in [-0.39, 0.29) is 5.82 Å². The van der Waals surface area contributed by atoms with Crippen LogP contribution in [0.2, 0.25) is 0 Å². The van der Waals surface area contributed by atoms with Crippen molar-refractivity contribution < 1.29 is 9.13 Å². The van der Waals surface area contributed by atoms with Crippen LogP contribution in [-0.4, -0.2) is 41.8 Å². The van der Waals surface area contributed by atoms with Crippen LogP contribution < -0.4 is 4.74 Å². The van der Waals surface area contributed by atoms with Gasteiger partial charge in [0.05, 0.1) is 13.3 Å². The van der Waals surface area contributed by atoms with Crippen molar-refractivity contribution in [1.82, 2.24) is 15.1 Å². The number of likely N-dealkylation sites (tertiary alicyclic amines) is 1. The van der Waals surface area contributed by atoms with E-state index in [1.807, 2.05) is 36.5 Å². The first-order valence-electron chi connectivity index (χ1n) is 10.1. The minimum atomic E-state index is -0.218. The molecule has 29 heavy (non-hydrogen) atoms. The number of nitrogens with zero attached hydrogens (tertiary/aromatic N) is 2. The van der Waals surface area contributed by atoms with E-state index in [0.717, 1.165) is 60.6 Å². The summed E-state index contributed by atoms with van der Waals surface area (Å²) < 4.78 is 18.7. The zero-order valence-corrected chi connectivity index (χ0v) is 16.6. The molecule has 2 heterocycles. The highest BCUT2D eigenvalue weighted by atomic mass is 19.1. The maximum absolute atomic E-state index is 13.3. The summed E-state index contributed by atoms with van der Waals surface area (Å²) in [4.78, 5) is 2.47. The van der Waals surface area contributed by atoms with E-state index in [1.165, 1.54) is 12.1 Å². The number of aromatic nitrogens is 2. The zero-order valence-electron chi connectivity index (χ0n) is 16.6. The molecule has 0 unspecified atom stereocenters. The molecular formula is C24H26FN3O. The van der Waals surface area contributed by atoms with Gasteiger partial charge in [0.25, 0.3) is 0 Å². The summed E-state index contributed by atoms with van der Waals surface area (Å²) >= 11 is 0. The lowest BCUT2D eigenvalue weighted by Gasteiger charge is -2.32. The first-order valence-corrected chi connectivity index (χ1v) is 10.1. The number of halogens is 1. The molecule has 1 aromatic heterocycles. The number of methoxy groups -OCH3 is 1. The monoisotopic (exact) mass is 391 g/mol. The van der Waals surface area contributed by atoms with Crippen LogP contribution in [-0.2, 0) is 0 Å². The molecule has 4 rings (SSSR count). The molecule has 1 atom stereocenters. The lowest BCUT2D eigenvalue weighted by molar-refractivity contribution is 0.226. The van der Waals surface area contributed by atoms with Crippen molar-refractivity contribution in [3.05, 3.63) is 77.9 Å². The standard InChI is InChI=1S/C24H26FN3O/c1-29-23-9-3-2-6-19(23)7-4-14-28-15-5-8-20(17-28)24-22(16-26-27-24)18-10-12-21(25)13-11-18/h2-4,6-7,9-13,16,20H,5,8,14-15,17H2,1H3,(H,26,27)/b7-4+/t20-/m0/s1. The Labute approximate surface area is 171 Å². The maximum atomic E-state index is 13.3. The molecule has 1 fully saturated rings.